The molecule has 4 aromatic rings. The molecule has 8 rings (SSSR count). The van der Waals surface area contributed by atoms with Crippen molar-refractivity contribution < 1.29 is 43.5 Å². The number of rotatable bonds is 9. The van der Waals surface area contributed by atoms with E-state index in [1.165, 1.54) is 19.2 Å². The van der Waals surface area contributed by atoms with Crippen LogP contribution in [0.2, 0.25) is 0 Å². The number of fused-ring (bicyclic) bond motifs is 5. The van der Waals surface area contributed by atoms with Crippen LogP contribution >= 0.6 is 11.6 Å². The Morgan fingerprint density at radius 3 is 2.53 bits per heavy atom. The fraction of sp³-hybridized carbons (Fsp3) is 0.357. The van der Waals surface area contributed by atoms with Crippen LogP contribution in [0, 0.1) is 0 Å². The van der Waals surface area contributed by atoms with E-state index in [1.807, 2.05) is 55.5 Å². The number of carbonyl (C=O) groups is 3. The van der Waals surface area contributed by atoms with Gasteiger partial charge in [0.05, 0.1) is 36.5 Å². The van der Waals surface area contributed by atoms with E-state index < -0.39 is 24.7 Å². The number of amides is 3. The number of nitrogens with zero attached hydrogens (tertiary/aromatic N) is 3. The predicted octanol–water partition coefficient (Wildman–Crippen LogP) is 7.53. The molecule has 2 unspecified atom stereocenters. The van der Waals surface area contributed by atoms with Gasteiger partial charge in [0.2, 0.25) is 5.91 Å². The molecule has 0 aliphatic carbocycles. The van der Waals surface area contributed by atoms with Crippen LogP contribution in [-0.4, -0.2) is 77.7 Å². The normalized spacial score (nSPS) is 21.8. The highest BCUT2D eigenvalue weighted by Gasteiger charge is 2.47. The average Bonchev–Trinajstić information content (AvgIpc) is 3.75. The van der Waals surface area contributed by atoms with Gasteiger partial charge >= 0.3 is 6.09 Å². The summed E-state index contributed by atoms with van der Waals surface area (Å²) in [6, 6.07) is 19.1. The van der Waals surface area contributed by atoms with Gasteiger partial charge < -0.3 is 39.0 Å². The summed E-state index contributed by atoms with van der Waals surface area (Å²) in [6.45, 7) is 2.89. The van der Waals surface area contributed by atoms with Gasteiger partial charge in [-0.05, 0) is 60.7 Å². The topological polar surface area (TPSA) is 138 Å². The number of methoxy groups -OCH3 is 1. The summed E-state index contributed by atoms with van der Waals surface area (Å²) in [5.41, 5.74) is 4.34. The van der Waals surface area contributed by atoms with Gasteiger partial charge in [0.1, 0.15) is 12.4 Å². The first kappa shape index (κ1) is 36.7. The van der Waals surface area contributed by atoms with Crippen molar-refractivity contribution in [1.82, 2.24) is 4.90 Å². The number of hydrogen-bond acceptors (Lipinski definition) is 8. The molecule has 12 nitrogen and oxygen atoms in total. The number of carboxylic acid groups (broad SMARTS) is 1. The number of aromatic hydroxyl groups is 1. The van der Waals surface area contributed by atoms with Crippen LogP contribution in [0.5, 0.6) is 17.2 Å². The van der Waals surface area contributed by atoms with E-state index in [0.717, 1.165) is 50.8 Å². The van der Waals surface area contributed by atoms with Gasteiger partial charge in [0.25, 0.3) is 5.91 Å². The van der Waals surface area contributed by atoms with Crippen LogP contribution in [0.3, 0.4) is 0 Å². The lowest BCUT2D eigenvalue weighted by atomic mass is 9.95. The van der Waals surface area contributed by atoms with Gasteiger partial charge in [0.15, 0.2) is 24.0 Å². The van der Waals surface area contributed by atoms with Gasteiger partial charge in [-0.1, -0.05) is 54.1 Å². The minimum Gasteiger partial charge on any atom is -0.507 e. The van der Waals surface area contributed by atoms with Crippen molar-refractivity contribution in [3.05, 3.63) is 101 Å². The Morgan fingerprint density at radius 1 is 0.982 bits per heavy atom. The molecule has 0 radical (unpaired) electrons. The smallest absolute Gasteiger partial charge is 0.414 e. The Labute approximate surface area is 323 Å². The summed E-state index contributed by atoms with van der Waals surface area (Å²) in [5.74, 6) is 0.355. The van der Waals surface area contributed by atoms with E-state index >= 15 is 0 Å². The molecule has 1 saturated heterocycles. The molecule has 0 saturated carbocycles. The van der Waals surface area contributed by atoms with Crippen LogP contribution in [0.4, 0.5) is 16.2 Å². The molecule has 4 atom stereocenters. The second-order valence-corrected chi connectivity index (χ2v) is 14.8. The molecule has 4 aliphatic heterocycles. The zero-order chi connectivity index (χ0) is 38.4. The van der Waals surface area contributed by atoms with Crippen molar-refractivity contribution in [2.75, 3.05) is 35.9 Å². The highest BCUT2D eigenvalue weighted by Crippen LogP contribution is 2.46. The largest absolute Gasteiger partial charge is 0.507 e. The molecule has 13 heteroatoms. The molecule has 1 fully saturated rings. The minimum absolute atomic E-state index is 0.0610. The van der Waals surface area contributed by atoms with Crippen molar-refractivity contribution in [3.63, 3.8) is 0 Å². The minimum atomic E-state index is -1.28. The van der Waals surface area contributed by atoms with Crippen molar-refractivity contribution in [3.8, 4) is 17.2 Å². The summed E-state index contributed by atoms with van der Waals surface area (Å²) >= 11 is 6.40. The van der Waals surface area contributed by atoms with Gasteiger partial charge in [-0.15, -0.1) is 11.6 Å². The SMILES string of the molecule is COc1cc2c(cc1OCc1cccc(CC(=O)N3C[C@@H](CCl)c4c3cc(O)c3ccccc43)c1)N(C(=O)O)C(OC1CCCCO1)[C@@H]1CC(C)=CN1C2=O. The lowest BCUT2D eigenvalue weighted by molar-refractivity contribution is -0.194. The third-order valence-electron chi connectivity index (χ3n) is 10.8. The standard InChI is InChI=1S/C42H42ClN3O9/c1-24-14-33-41(55-38-12-5-6-13-53-38)46(42(50)51)31-19-36(35(52-2)17-30(31)40(49)45(33)21-24)54-23-26-9-7-8-25(15-26)16-37(48)44-22-27(20-43)39-29-11-4-3-10-28(29)34(47)18-32(39)44/h3-4,7-11,15,17-19,21,27,33,38,41,47H,5-6,12-14,16,20,22-23H2,1-2H3,(H,50,51)/t27-,33+,38?,41?/m1/s1. The molecule has 0 aromatic heterocycles. The summed E-state index contributed by atoms with van der Waals surface area (Å²) in [7, 11) is 1.46. The van der Waals surface area contributed by atoms with E-state index in [9.17, 15) is 24.6 Å². The Kier molecular flexibility index (Phi) is 10.1. The van der Waals surface area contributed by atoms with Gasteiger partial charge in [-0.3, -0.25) is 9.59 Å². The Bertz CT molecular complexity index is 2200. The van der Waals surface area contributed by atoms with Crippen LogP contribution in [0.25, 0.3) is 10.8 Å². The molecule has 4 heterocycles. The molecule has 286 valence electrons. The van der Waals surface area contributed by atoms with E-state index in [0.29, 0.717) is 37.6 Å². The third kappa shape index (κ3) is 6.83. The summed E-state index contributed by atoms with van der Waals surface area (Å²) < 4.78 is 24.2. The second-order valence-electron chi connectivity index (χ2n) is 14.5. The number of alkyl halides is 1. The van der Waals surface area contributed by atoms with Crippen LogP contribution < -0.4 is 19.3 Å². The van der Waals surface area contributed by atoms with E-state index in [1.54, 1.807) is 22.1 Å². The maximum absolute atomic E-state index is 14.1. The monoisotopic (exact) mass is 767 g/mol. The first-order valence-electron chi connectivity index (χ1n) is 18.5. The quantitative estimate of drug-likeness (QED) is 0.166. The number of ether oxygens (including phenoxy) is 4. The van der Waals surface area contributed by atoms with E-state index in [-0.39, 0.29) is 59.3 Å². The van der Waals surface area contributed by atoms with Crippen molar-refractivity contribution in [2.24, 2.45) is 0 Å². The zero-order valence-electron chi connectivity index (χ0n) is 30.6. The van der Waals surface area contributed by atoms with Crippen molar-refractivity contribution in [1.29, 1.82) is 0 Å². The molecule has 3 amide bonds. The first-order chi connectivity index (χ1) is 26.6. The Hall–Kier alpha value is -5.30. The van der Waals surface area contributed by atoms with Crippen LogP contribution in [-0.2, 0) is 27.3 Å². The lowest BCUT2D eigenvalue weighted by Crippen LogP contribution is -2.53. The maximum Gasteiger partial charge on any atom is 0.414 e. The first-order valence-corrected chi connectivity index (χ1v) is 19.0. The van der Waals surface area contributed by atoms with Gasteiger partial charge in [-0.25, -0.2) is 9.69 Å². The number of anilines is 2. The summed E-state index contributed by atoms with van der Waals surface area (Å²) in [5, 5.41) is 23.1. The molecule has 55 heavy (non-hydrogen) atoms. The number of phenols is 1. The number of hydrogen-bond donors (Lipinski definition) is 2. The fourth-order valence-corrected chi connectivity index (χ4v) is 8.54. The summed E-state index contributed by atoms with van der Waals surface area (Å²) in [6.07, 6.45) is 1.76. The maximum atomic E-state index is 14.1. The van der Waals surface area contributed by atoms with E-state index in [4.69, 9.17) is 30.5 Å². The predicted molar refractivity (Wildman–Crippen MR) is 206 cm³/mol. The molecule has 0 spiro atoms. The zero-order valence-corrected chi connectivity index (χ0v) is 31.3. The van der Waals surface area contributed by atoms with Crippen molar-refractivity contribution >= 4 is 51.7 Å². The number of phenolic OH excluding ortho intramolecular Hbond substituents is 1. The number of carbonyl (C=O) groups excluding carboxylic acids is 2. The fourth-order valence-electron chi connectivity index (χ4n) is 8.29. The summed E-state index contributed by atoms with van der Waals surface area (Å²) in [4.78, 5) is 45.3. The van der Waals surface area contributed by atoms with Gasteiger partial charge in [-0.2, -0.15) is 0 Å². The second kappa shape index (κ2) is 15.1. The van der Waals surface area contributed by atoms with Gasteiger partial charge in [0, 0.05) is 48.7 Å². The molecular weight excluding hydrogens is 726 g/mol. The number of benzene rings is 4. The third-order valence-corrected chi connectivity index (χ3v) is 11.2. The molecule has 4 aliphatic rings. The average molecular weight is 768 g/mol. The highest BCUT2D eigenvalue weighted by atomic mass is 35.5. The van der Waals surface area contributed by atoms with Crippen molar-refractivity contribution in [2.45, 2.75) is 70.1 Å². The molecule has 4 aromatic carbocycles. The molecule has 2 N–H and O–H groups in total. The highest BCUT2D eigenvalue weighted by molar-refractivity contribution is 6.19. The van der Waals surface area contributed by atoms with E-state index in [2.05, 4.69) is 0 Å². The molecule has 0 bridgehead atoms. The lowest BCUT2D eigenvalue weighted by Gasteiger charge is -2.37. The molecular formula is C42H42ClN3O9. The number of halogens is 1. The van der Waals surface area contributed by atoms with Crippen LogP contribution in [0.15, 0.2) is 78.5 Å². The Balaban J connectivity index is 1.05. The van der Waals surface area contributed by atoms with Crippen LogP contribution in [0.1, 0.15) is 65.6 Å². The Morgan fingerprint density at radius 2 is 1.78 bits per heavy atom.